The molecule has 29 heavy (non-hydrogen) atoms. The number of hydrogen-bond acceptors (Lipinski definition) is 5. The smallest absolute Gasteiger partial charge is 0.231 e. The Bertz CT molecular complexity index is 940. The minimum absolute atomic E-state index is 0.231. The maximum atomic E-state index is 14.2. The summed E-state index contributed by atoms with van der Waals surface area (Å²) < 4.78 is 55.6. The Balaban J connectivity index is 1.73. The Morgan fingerprint density at radius 1 is 1.14 bits per heavy atom. The second kappa shape index (κ2) is 8.69. The van der Waals surface area contributed by atoms with Gasteiger partial charge in [0.15, 0.2) is 0 Å². The van der Waals surface area contributed by atoms with E-state index in [4.69, 9.17) is 14.2 Å². The fourth-order valence-corrected chi connectivity index (χ4v) is 3.89. The van der Waals surface area contributed by atoms with E-state index in [1.807, 2.05) is 6.07 Å². The lowest BCUT2D eigenvalue weighted by Crippen LogP contribution is -2.35. The summed E-state index contributed by atoms with van der Waals surface area (Å²) in [7, 11) is -0.185. The lowest BCUT2D eigenvalue weighted by molar-refractivity contribution is -0.0950. The fourth-order valence-electron chi connectivity index (χ4n) is 3.38. The van der Waals surface area contributed by atoms with Crippen LogP contribution >= 0.6 is 0 Å². The molecule has 0 radical (unpaired) electrons. The summed E-state index contributed by atoms with van der Waals surface area (Å²) in [6, 6.07) is 11.6. The van der Waals surface area contributed by atoms with Crippen LogP contribution in [-0.2, 0) is 31.7 Å². The first-order chi connectivity index (χ1) is 13.7. The van der Waals surface area contributed by atoms with Crippen LogP contribution in [0.5, 0.6) is 5.75 Å². The van der Waals surface area contributed by atoms with Crippen molar-refractivity contribution >= 4 is 15.7 Å². The number of anilines is 1. The van der Waals surface area contributed by atoms with Gasteiger partial charge in [-0.1, -0.05) is 12.1 Å². The fraction of sp³-hybridized carbons (Fsp3) is 0.429. The van der Waals surface area contributed by atoms with Crippen LogP contribution in [0.3, 0.4) is 0 Å². The molecular formula is C21H26FNO5S. The SMILES string of the molecule is COC1(c2cc(F)cc(OCc3ccc(N(C)S(C)(=O)=O)cc3)c2)CCOCC1. The first-order valence-electron chi connectivity index (χ1n) is 9.33. The molecule has 2 aromatic carbocycles. The van der Waals surface area contributed by atoms with E-state index in [9.17, 15) is 12.8 Å². The number of methoxy groups -OCH3 is 1. The first-order valence-corrected chi connectivity index (χ1v) is 11.2. The van der Waals surface area contributed by atoms with Gasteiger partial charge in [0.05, 0.1) is 17.5 Å². The lowest BCUT2D eigenvalue weighted by Gasteiger charge is -2.36. The van der Waals surface area contributed by atoms with E-state index in [1.54, 1.807) is 31.4 Å². The number of halogens is 1. The molecule has 1 aliphatic heterocycles. The zero-order valence-electron chi connectivity index (χ0n) is 16.9. The second-order valence-electron chi connectivity index (χ2n) is 7.17. The van der Waals surface area contributed by atoms with Gasteiger partial charge in [-0.25, -0.2) is 12.8 Å². The quantitative estimate of drug-likeness (QED) is 0.683. The molecule has 0 N–H and O–H groups in total. The Kier molecular flexibility index (Phi) is 6.45. The van der Waals surface area contributed by atoms with Gasteiger partial charge in [-0.15, -0.1) is 0 Å². The summed E-state index contributed by atoms with van der Waals surface area (Å²) in [6.45, 7) is 1.36. The van der Waals surface area contributed by atoms with Crippen LogP contribution in [0.4, 0.5) is 10.1 Å². The summed E-state index contributed by atoms with van der Waals surface area (Å²) in [5.74, 6) is 0.0331. The van der Waals surface area contributed by atoms with Crippen LogP contribution in [0.15, 0.2) is 42.5 Å². The van der Waals surface area contributed by atoms with Gasteiger partial charge in [-0.3, -0.25) is 4.31 Å². The van der Waals surface area contributed by atoms with Crippen LogP contribution < -0.4 is 9.04 Å². The maximum absolute atomic E-state index is 14.2. The average Bonchev–Trinajstić information content (AvgIpc) is 2.71. The maximum Gasteiger partial charge on any atom is 0.231 e. The third kappa shape index (κ3) is 5.07. The second-order valence-corrected chi connectivity index (χ2v) is 9.19. The molecule has 0 unspecified atom stereocenters. The van der Waals surface area contributed by atoms with E-state index < -0.39 is 15.6 Å². The van der Waals surface area contributed by atoms with Crippen molar-refractivity contribution < 1.29 is 27.0 Å². The highest BCUT2D eigenvalue weighted by Crippen LogP contribution is 2.37. The zero-order chi connectivity index (χ0) is 21.1. The third-order valence-electron chi connectivity index (χ3n) is 5.29. The van der Waals surface area contributed by atoms with E-state index in [0.717, 1.165) is 17.4 Å². The molecule has 158 valence electrons. The van der Waals surface area contributed by atoms with Crippen molar-refractivity contribution in [2.75, 3.05) is 37.9 Å². The molecule has 0 saturated carbocycles. The Hall–Kier alpha value is -2.16. The molecule has 1 saturated heterocycles. The van der Waals surface area contributed by atoms with E-state index in [2.05, 4.69) is 0 Å². The van der Waals surface area contributed by atoms with Gasteiger partial charge in [0.25, 0.3) is 0 Å². The highest BCUT2D eigenvalue weighted by Gasteiger charge is 2.35. The highest BCUT2D eigenvalue weighted by atomic mass is 32.2. The normalized spacial score (nSPS) is 16.4. The molecule has 8 heteroatoms. The van der Waals surface area contributed by atoms with E-state index in [0.29, 0.717) is 37.5 Å². The van der Waals surface area contributed by atoms with E-state index in [1.165, 1.54) is 23.5 Å². The molecule has 1 fully saturated rings. The number of nitrogens with zero attached hydrogens (tertiary/aromatic N) is 1. The summed E-state index contributed by atoms with van der Waals surface area (Å²) in [4.78, 5) is 0. The van der Waals surface area contributed by atoms with Gasteiger partial charge in [0.1, 0.15) is 18.2 Å². The van der Waals surface area contributed by atoms with E-state index >= 15 is 0 Å². The monoisotopic (exact) mass is 423 g/mol. The highest BCUT2D eigenvalue weighted by molar-refractivity contribution is 7.92. The number of hydrogen-bond donors (Lipinski definition) is 0. The van der Waals surface area contributed by atoms with Crippen molar-refractivity contribution in [1.29, 1.82) is 0 Å². The first kappa shape index (κ1) is 21.5. The molecule has 6 nitrogen and oxygen atoms in total. The molecule has 2 aromatic rings. The molecular weight excluding hydrogens is 397 g/mol. The predicted molar refractivity (Wildman–Crippen MR) is 109 cm³/mol. The average molecular weight is 424 g/mol. The lowest BCUT2D eigenvalue weighted by atomic mass is 9.86. The van der Waals surface area contributed by atoms with Crippen molar-refractivity contribution in [3.8, 4) is 5.75 Å². The Morgan fingerprint density at radius 3 is 2.38 bits per heavy atom. The molecule has 0 amide bonds. The molecule has 0 atom stereocenters. The van der Waals surface area contributed by atoms with Crippen molar-refractivity contribution in [3.63, 3.8) is 0 Å². The summed E-state index contributed by atoms with van der Waals surface area (Å²) in [5, 5.41) is 0. The van der Waals surface area contributed by atoms with Crippen molar-refractivity contribution in [1.82, 2.24) is 0 Å². The van der Waals surface area contributed by atoms with Crippen molar-refractivity contribution in [2.45, 2.75) is 25.0 Å². The van der Waals surface area contributed by atoms with Crippen molar-refractivity contribution in [2.24, 2.45) is 0 Å². The molecule has 0 aromatic heterocycles. The van der Waals surface area contributed by atoms with Crippen LogP contribution in [0, 0.1) is 5.82 Å². The minimum Gasteiger partial charge on any atom is -0.489 e. The minimum atomic E-state index is -3.31. The van der Waals surface area contributed by atoms with Gasteiger partial charge >= 0.3 is 0 Å². The topological polar surface area (TPSA) is 65.1 Å². The molecule has 0 bridgehead atoms. The number of sulfonamides is 1. The predicted octanol–water partition coefficient (Wildman–Crippen LogP) is 3.45. The summed E-state index contributed by atoms with van der Waals surface area (Å²) in [6.07, 6.45) is 2.46. The number of ether oxygens (including phenoxy) is 3. The number of rotatable bonds is 7. The van der Waals surface area contributed by atoms with Crippen LogP contribution in [0.1, 0.15) is 24.0 Å². The molecule has 0 spiro atoms. The van der Waals surface area contributed by atoms with Crippen molar-refractivity contribution in [3.05, 3.63) is 59.4 Å². The molecule has 0 aliphatic carbocycles. The third-order valence-corrected chi connectivity index (χ3v) is 6.50. The van der Waals surface area contributed by atoms with Crippen LogP contribution in [-0.4, -0.2) is 42.0 Å². The van der Waals surface area contributed by atoms with Gasteiger partial charge in [0, 0.05) is 46.3 Å². The van der Waals surface area contributed by atoms with Crippen LogP contribution in [0.25, 0.3) is 0 Å². The van der Waals surface area contributed by atoms with Crippen LogP contribution in [0.2, 0.25) is 0 Å². The zero-order valence-corrected chi connectivity index (χ0v) is 17.7. The number of benzene rings is 2. The largest absolute Gasteiger partial charge is 0.489 e. The van der Waals surface area contributed by atoms with Gasteiger partial charge in [-0.05, 0) is 35.4 Å². The van der Waals surface area contributed by atoms with Gasteiger partial charge in [0.2, 0.25) is 10.0 Å². The van der Waals surface area contributed by atoms with E-state index in [-0.39, 0.29) is 12.4 Å². The van der Waals surface area contributed by atoms with Gasteiger partial charge < -0.3 is 14.2 Å². The summed E-state index contributed by atoms with van der Waals surface area (Å²) in [5.41, 5.74) is 1.57. The molecule has 1 aliphatic rings. The Morgan fingerprint density at radius 2 is 1.79 bits per heavy atom. The summed E-state index contributed by atoms with van der Waals surface area (Å²) >= 11 is 0. The molecule has 1 heterocycles. The van der Waals surface area contributed by atoms with Gasteiger partial charge in [-0.2, -0.15) is 0 Å². The Labute approximate surface area is 171 Å². The molecule has 3 rings (SSSR count). The standard InChI is InChI=1S/C21H26FNO5S/c1-23(29(3,24)25)19-6-4-16(5-7-19)15-28-20-13-17(12-18(22)14-20)21(26-2)8-10-27-11-9-21/h4-7,12-14H,8-11,15H2,1-3H3.